The highest BCUT2D eigenvalue weighted by molar-refractivity contribution is 6.07. The number of para-hydroxylation sites is 1. The summed E-state index contributed by atoms with van der Waals surface area (Å²) < 4.78 is 6.09. The lowest BCUT2D eigenvalue weighted by Crippen LogP contribution is -2.18. The Bertz CT molecular complexity index is 773. The van der Waals surface area contributed by atoms with Crippen LogP contribution in [0.1, 0.15) is 48.0 Å². The number of ether oxygens (including phenoxy) is 1. The van der Waals surface area contributed by atoms with E-state index in [0.717, 1.165) is 29.0 Å². The normalized spacial score (nSPS) is 17.3. The van der Waals surface area contributed by atoms with Gasteiger partial charge in [-0.1, -0.05) is 31.4 Å². The van der Waals surface area contributed by atoms with E-state index in [4.69, 9.17) is 9.73 Å². The molecule has 3 heteroatoms. The van der Waals surface area contributed by atoms with Crippen LogP contribution in [-0.2, 0) is 0 Å². The summed E-state index contributed by atoms with van der Waals surface area (Å²) in [5.41, 5.74) is 3.58. The number of benzene rings is 2. The maximum Gasteiger partial charge on any atom is 0.153 e. The zero-order valence-electron chi connectivity index (χ0n) is 13.0. The largest absolute Gasteiger partial charge is 0.454 e. The van der Waals surface area contributed by atoms with Crippen molar-refractivity contribution in [3.63, 3.8) is 0 Å². The first-order chi connectivity index (χ1) is 11.3. The summed E-state index contributed by atoms with van der Waals surface area (Å²) in [5, 5.41) is 0. The SMILES string of the molecule is O=Cc1ccc2c(c1)N=C(C1CCCCC1)c1ccccc1O2. The summed E-state index contributed by atoms with van der Waals surface area (Å²) >= 11 is 0. The van der Waals surface area contributed by atoms with E-state index < -0.39 is 0 Å². The van der Waals surface area contributed by atoms with Gasteiger partial charge < -0.3 is 4.74 Å². The number of rotatable bonds is 2. The van der Waals surface area contributed by atoms with Crippen molar-refractivity contribution in [2.75, 3.05) is 0 Å². The Morgan fingerprint density at radius 1 is 1.00 bits per heavy atom. The van der Waals surface area contributed by atoms with Crippen LogP contribution in [0.2, 0.25) is 0 Å². The topological polar surface area (TPSA) is 38.7 Å². The molecule has 1 aliphatic heterocycles. The van der Waals surface area contributed by atoms with Crippen LogP contribution in [0.4, 0.5) is 5.69 Å². The molecule has 0 radical (unpaired) electrons. The van der Waals surface area contributed by atoms with Crippen molar-refractivity contribution in [1.82, 2.24) is 0 Å². The number of fused-ring (bicyclic) bond motifs is 2. The molecule has 0 amide bonds. The molecule has 2 aliphatic rings. The van der Waals surface area contributed by atoms with Crippen molar-refractivity contribution >= 4 is 17.7 Å². The van der Waals surface area contributed by atoms with Crippen molar-refractivity contribution in [3.05, 3.63) is 53.6 Å². The summed E-state index contributed by atoms with van der Waals surface area (Å²) in [5.74, 6) is 2.04. The fourth-order valence-electron chi connectivity index (χ4n) is 3.54. The molecular weight excluding hydrogens is 286 g/mol. The predicted molar refractivity (Wildman–Crippen MR) is 91.1 cm³/mol. The predicted octanol–water partition coefficient (Wildman–Crippen LogP) is 5.31. The average molecular weight is 305 g/mol. The average Bonchev–Trinajstić information content (AvgIpc) is 2.78. The van der Waals surface area contributed by atoms with Crippen LogP contribution in [0.15, 0.2) is 47.5 Å². The Balaban J connectivity index is 1.87. The Hall–Kier alpha value is -2.42. The molecular formula is C20H19NO2. The first-order valence-electron chi connectivity index (χ1n) is 8.30. The molecule has 0 N–H and O–H groups in total. The van der Waals surface area contributed by atoms with Gasteiger partial charge in [-0.2, -0.15) is 0 Å². The molecule has 0 unspecified atom stereocenters. The van der Waals surface area contributed by atoms with Crippen molar-refractivity contribution in [2.45, 2.75) is 32.1 Å². The van der Waals surface area contributed by atoms with Crippen LogP contribution in [0.25, 0.3) is 0 Å². The second-order valence-corrected chi connectivity index (χ2v) is 6.28. The number of carbonyl (C=O) groups is 1. The quantitative estimate of drug-likeness (QED) is 0.706. The molecule has 0 aromatic heterocycles. The van der Waals surface area contributed by atoms with Crippen LogP contribution >= 0.6 is 0 Å². The van der Waals surface area contributed by atoms with Gasteiger partial charge in [-0.15, -0.1) is 0 Å². The molecule has 0 saturated heterocycles. The van der Waals surface area contributed by atoms with E-state index in [-0.39, 0.29) is 0 Å². The van der Waals surface area contributed by atoms with Gasteiger partial charge in [0.1, 0.15) is 17.7 Å². The van der Waals surface area contributed by atoms with Crippen LogP contribution < -0.4 is 4.74 Å². The Morgan fingerprint density at radius 2 is 1.83 bits per heavy atom. The molecule has 1 heterocycles. The van der Waals surface area contributed by atoms with Gasteiger partial charge in [0.15, 0.2) is 5.75 Å². The first-order valence-corrected chi connectivity index (χ1v) is 8.30. The number of carbonyl (C=O) groups excluding carboxylic acids is 1. The van der Waals surface area contributed by atoms with Gasteiger partial charge in [0.05, 0.1) is 5.71 Å². The van der Waals surface area contributed by atoms with E-state index in [1.165, 1.54) is 32.1 Å². The van der Waals surface area contributed by atoms with Gasteiger partial charge in [-0.05, 0) is 43.2 Å². The smallest absolute Gasteiger partial charge is 0.153 e. The highest BCUT2D eigenvalue weighted by Gasteiger charge is 2.26. The lowest BCUT2D eigenvalue weighted by molar-refractivity contribution is 0.112. The Labute approximate surface area is 136 Å². The highest BCUT2D eigenvalue weighted by atomic mass is 16.5. The maximum absolute atomic E-state index is 11.1. The zero-order valence-corrected chi connectivity index (χ0v) is 13.0. The summed E-state index contributed by atoms with van der Waals surface area (Å²) in [6, 6.07) is 13.5. The number of nitrogens with zero attached hydrogens (tertiary/aromatic N) is 1. The van der Waals surface area contributed by atoms with Crippen molar-refractivity contribution in [2.24, 2.45) is 10.9 Å². The Morgan fingerprint density at radius 3 is 2.65 bits per heavy atom. The first kappa shape index (κ1) is 14.2. The number of hydrogen-bond acceptors (Lipinski definition) is 3. The molecule has 2 aromatic carbocycles. The number of aliphatic imine (C=N–C) groups is 1. The minimum atomic E-state index is 0.472. The standard InChI is InChI=1S/C20H19NO2/c22-13-14-10-11-19-17(12-14)21-20(15-6-2-1-3-7-15)16-8-4-5-9-18(16)23-19/h4-5,8-13,15H,1-3,6-7H2. The van der Waals surface area contributed by atoms with Gasteiger partial charge in [0.2, 0.25) is 0 Å². The molecule has 1 saturated carbocycles. The summed E-state index contributed by atoms with van der Waals surface area (Å²) in [7, 11) is 0. The van der Waals surface area contributed by atoms with E-state index in [2.05, 4.69) is 6.07 Å². The van der Waals surface area contributed by atoms with Crippen molar-refractivity contribution in [1.29, 1.82) is 0 Å². The molecule has 1 fully saturated rings. The third-order valence-electron chi connectivity index (χ3n) is 4.73. The van der Waals surface area contributed by atoms with Crippen LogP contribution in [0.5, 0.6) is 11.5 Å². The molecule has 0 bridgehead atoms. The van der Waals surface area contributed by atoms with Gasteiger partial charge in [0.25, 0.3) is 0 Å². The van der Waals surface area contributed by atoms with E-state index >= 15 is 0 Å². The third-order valence-corrected chi connectivity index (χ3v) is 4.73. The second kappa shape index (κ2) is 5.99. The maximum atomic E-state index is 11.1. The number of aldehydes is 1. The Kier molecular flexibility index (Phi) is 3.70. The fourth-order valence-corrected chi connectivity index (χ4v) is 3.54. The van der Waals surface area contributed by atoms with E-state index in [1.54, 1.807) is 6.07 Å². The molecule has 3 nitrogen and oxygen atoms in total. The van der Waals surface area contributed by atoms with Crippen LogP contribution in [0.3, 0.4) is 0 Å². The summed E-state index contributed by atoms with van der Waals surface area (Å²) in [6.07, 6.45) is 7.04. The molecule has 2 aromatic rings. The highest BCUT2D eigenvalue weighted by Crippen LogP contribution is 2.41. The third kappa shape index (κ3) is 2.67. The lowest BCUT2D eigenvalue weighted by atomic mass is 9.83. The number of hydrogen-bond donors (Lipinski definition) is 0. The van der Waals surface area contributed by atoms with Crippen molar-refractivity contribution < 1.29 is 9.53 Å². The molecule has 23 heavy (non-hydrogen) atoms. The molecule has 1 aliphatic carbocycles. The van der Waals surface area contributed by atoms with E-state index in [0.29, 0.717) is 17.2 Å². The molecule has 0 spiro atoms. The zero-order chi connectivity index (χ0) is 15.6. The van der Waals surface area contributed by atoms with Gasteiger partial charge in [-0.3, -0.25) is 4.79 Å². The minimum absolute atomic E-state index is 0.472. The summed E-state index contributed by atoms with van der Waals surface area (Å²) in [4.78, 5) is 16.0. The second-order valence-electron chi connectivity index (χ2n) is 6.28. The summed E-state index contributed by atoms with van der Waals surface area (Å²) in [6.45, 7) is 0. The molecule has 116 valence electrons. The van der Waals surface area contributed by atoms with Gasteiger partial charge in [-0.25, -0.2) is 4.99 Å². The van der Waals surface area contributed by atoms with Gasteiger partial charge >= 0.3 is 0 Å². The van der Waals surface area contributed by atoms with Gasteiger partial charge in [0, 0.05) is 17.0 Å². The van der Waals surface area contributed by atoms with Crippen molar-refractivity contribution in [3.8, 4) is 11.5 Å². The molecule has 4 rings (SSSR count). The fraction of sp³-hybridized carbons (Fsp3) is 0.300. The van der Waals surface area contributed by atoms with Crippen LogP contribution in [-0.4, -0.2) is 12.0 Å². The van der Waals surface area contributed by atoms with E-state index in [1.807, 2.05) is 30.3 Å². The minimum Gasteiger partial charge on any atom is -0.454 e. The van der Waals surface area contributed by atoms with E-state index in [9.17, 15) is 4.79 Å². The van der Waals surface area contributed by atoms with Crippen LogP contribution in [0, 0.1) is 5.92 Å². The monoisotopic (exact) mass is 305 g/mol. The lowest BCUT2D eigenvalue weighted by Gasteiger charge is -2.23. The molecule has 0 atom stereocenters.